The summed E-state index contributed by atoms with van der Waals surface area (Å²) in [6, 6.07) is 12.7. The number of nitro groups is 1. The average Bonchev–Trinajstić information content (AvgIpc) is 2.60. The zero-order valence-corrected chi connectivity index (χ0v) is 13.4. The lowest BCUT2D eigenvalue weighted by Gasteiger charge is -2.05. The Balaban J connectivity index is 2.07. The minimum absolute atomic E-state index is 0.0279. The van der Waals surface area contributed by atoms with E-state index in [2.05, 4.69) is 10.5 Å². The Morgan fingerprint density at radius 3 is 2.54 bits per heavy atom. The van der Waals surface area contributed by atoms with E-state index in [0.29, 0.717) is 29.2 Å². The van der Waals surface area contributed by atoms with Gasteiger partial charge in [-0.1, -0.05) is 12.1 Å². The molecule has 2 rings (SSSR count). The molecule has 1 amide bonds. The number of hydrazone groups is 1. The standard InChI is InChI=1S/C17H17N3O4/c1-3-24-16-9-7-13(8-10-16)17(21)19-18-12(2)14-5-4-6-15(11-14)20(22)23/h4-11H,3H2,1-2H3,(H,19,21)/b18-12+. The van der Waals surface area contributed by atoms with Crippen LogP contribution < -0.4 is 10.2 Å². The van der Waals surface area contributed by atoms with Gasteiger partial charge in [-0.15, -0.1) is 0 Å². The summed E-state index contributed by atoms with van der Waals surface area (Å²) in [6.07, 6.45) is 0. The Bertz CT molecular complexity index is 770. The van der Waals surface area contributed by atoms with Gasteiger partial charge >= 0.3 is 0 Å². The monoisotopic (exact) mass is 327 g/mol. The Labute approximate surface area is 139 Å². The molecule has 124 valence electrons. The van der Waals surface area contributed by atoms with E-state index in [4.69, 9.17) is 4.74 Å². The van der Waals surface area contributed by atoms with E-state index in [9.17, 15) is 14.9 Å². The van der Waals surface area contributed by atoms with Crippen molar-refractivity contribution in [2.45, 2.75) is 13.8 Å². The zero-order valence-electron chi connectivity index (χ0n) is 13.4. The van der Waals surface area contributed by atoms with E-state index in [1.165, 1.54) is 12.1 Å². The van der Waals surface area contributed by atoms with Crippen LogP contribution in [0.25, 0.3) is 0 Å². The second-order valence-corrected chi connectivity index (χ2v) is 4.90. The van der Waals surface area contributed by atoms with E-state index >= 15 is 0 Å². The maximum Gasteiger partial charge on any atom is 0.271 e. The Kier molecular flexibility index (Phi) is 5.62. The van der Waals surface area contributed by atoms with Crippen LogP contribution in [-0.2, 0) is 0 Å². The van der Waals surface area contributed by atoms with E-state index in [-0.39, 0.29) is 11.6 Å². The van der Waals surface area contributed by atoms with Crippen molar-refractivity contribution >= 4 is 17.3 Å². The molecule has 0 saturated heterocycles. The Morgan fingerprint density at radius 2 is 1.92 bits per heavy atom. The molecular formula is C17H17N3O4. The summed E-state index contributed by atoms with van der Waals surface area (Å²) >= 11 is 0. The van der Waals surface area contributed by atoms with Crippen LogP contribution in [0.5, 0.6) is 5.75 Å². The number of hydrogen-bond acceptors (Lipinski definition) is 5. The molecule has 7 heteroatoms. The largest absolute Gasteiger partial charge is 0.494 e. The lowest BCUT2D eigenvalue weighted by Crippen LogP contribution is -2.19. The molecular weight excluding hydrogens is 310 g/mol. The number of hydrogen-bond donors (Lipinski definition) is 1. The van der Waals surface area contributed by atoms with Crippen LogP contribution in [0.15, 0.2) is 53.6 Å². The lowest BCUT2D eigenvalue weighted by molar-refractivity contribution is -0.384. The summed E-state index contributed by atoms with van der Waals surface area (Å²) < 4.78 is 5.31. The minimum Gasteiger partial charge on any atom is -0.494 e. The van der Waals surface area contributed by atoms with E-state index in [0.717, 1.165) is 0 Å². The highest BCUT2D eigenvalue weighted by Gasteiger charge is 2.09. The second-order valence-electron chi connectivity index (χ2n) is 4.90. The van der Waals surface area contributed by atoms with Crippen molar-refractivity contribution in [2.24, 2.45) is 5.10 Å². The molecule has 0 heterocycles. The molecule has 0 unspecified atom stereocenters. The van der Waals surface area contributed by atoms with Gasteiger partial charge in [-0.3, -0.25) is 14.9 Å². The van der Waals surface area contributed by atoms with Crippen molar-refractivity contribution in [1.29, 1.82) is 0 Å². The number of carbonyl (C=O) groups is 1. The first-order valence-electron chi connectivity index (χ1n) is 7.33. The predicted molar refractivity (Wildman–Crippen MR) is 90.4 cm³/mol. The topological polar surface area (TPSA) is 93.8 Å². The summed E-state index contributed by atoms with van der Waals surface area (Å²) in [5.74, 6) is 0.313. The number of amides is 1. The first-order chi connectivity index (χ1) is 11.5. The molecule has 0 atom stereocenters. The Hall–Kier alpha value is -3.22. The normalized spacial score (nSPS) is 11.0. The van der Waals surface area contributed by atoms with Crippen LogP contribution in [-0.4, -0.2) is 23.1 Å². The molecule has 7 nitrogen and oxygen atoms in total. The number of carbonyl (C=O) groups excluding carboxylic acids is 1. The summed E-state index contributed by atoms with van der Waals surface area (Å²) in [4.78, 5) is 22.4. The maximum absolute atomic E-state index is 12.1. The fourth-order valence-corrected chi connectivity index (χ4v) is 1.98. The quantitative estimate of drug-likeness (QED) is 0.501. The van der Waals surface area contributed by atoms with Gasteiger partial charge in [0, 0.05) is 23.3 Å². The summed E-state index contributed by atoms with van der Waals surface area (Å²) in [5.41, 5.74) is 3.88. The van der Waals surface area contributed by atoms with Crippen molar-refractivity contribution in [1.82, 2.24) is 5.43 Å². The molecule has 24 heavy (non-hydrogen) atoms. The fourth-order valence-electron chi connectivity index (χ4n) is 1.98. The molecule has 0 aliphatic heterocycles. The van der Waals surface area contributed by atoms with Crippen molar-refractivity contribution in [3.05, 3.63) is 69.8 Å². The van der Waals surface area contributed by atoms with Crippen LogP contribution in [0, 0.1) is 10.1 Å². The lowest BCUT2D eigenvalue weighted by atomic mass is 10.1. The minimum atomic E-state index is -0.477. The van der Waals surface area contributed by atoms with Crippen LogP contribution in [0.4, 0.5) is 5.69 Å². The first kappa shape index (κ1) is 17.1. The van der Waals surface area contributed by atoms with Gasteiger partial charge in [-0.05, 0) is 38.1 Å². The molecule has 0 fully saturated rings. The van der Waals surface area contributed by atoms with Crippen LogP contribution in [0.2, 0.25) is 0 Å². The maximum atomic E-state index is 12.1. The van der Waals surface area contributed by atoms with Gasteiger partial charge in [0.25, 0.3) is 11.6 Å². The third kappa shape index (κ3) is 4.39. The van der Waals surface area contributed by atoms with E-state index in [1.54, 1.807) is 43.3 Å². The van der Waals surface area contributed by atoms with Gasteiger partial charge in [-0.25, -0.2) is 5.43 Å². The van der Waals surface area contributed by atoms with Crippen LogP contribution in [0.1, 0.15) is 29.8 Å². The third-order valence-corrected chi connectivity index (χ3v) is 3.23. The van der Waals surface area contributed by atoms with Gasteiger partial charge in [0.15, 0.2) is 0 Å². The highest BCUT2D eigenvalue weighted by Crippen LogP contribution is 2.14. The van der Waals surface area contributed by atoms with Gasteiger partial charge < -0.3 is 4.74 Å². The van der Waals surface area contributed by atoms with Gasteiger partial charge in [0.05, 0.1) is 17.2 Å². The van der Waals surface area contributed by atoms with Crippen molar-refractivity contribution in [3.63, 3.8) is 0 Å². The van der Waals surface area contributed by atoms with E-state index in [1.807, 2.05) is 6.92 Å². The molecule has 2 aromatic carbocycles. The summed E-state index contributed by atoms with van der Waals surface area (Å²) in [7, 11) is 0. The summed E-state index contributed by atoms with van der Waals surface area (Å²) in [5, 5.41) is 14.8. The number of nitro benzene ring substituents is 1. The fraction of sp³-hybridized carbons (Fsp3) is 0.176. The molecule has 0 radical (unpaired) electrons. The highest BCUT2D eigenvalue weighted by molar-refractivity contribution is 6.01. The molecule has 0 bridgehead atoms. The van der Waals surface area contributed by atoms with E-state index < -0.39 is 4.92 Å². The van der Waals surface area contributed by atoms with Gasteiger partial charge in [-0.2, -0.15) is 5.10 Å². The average molecular weight is 327 g/mol. The number of non-ortho nitro benzene ring substituents is 1. The number of nitrogens with zero attached hydrogens (tertiary/aromatic N) is 2. The molecule has 0 spiro atoms. The molecule has 1 N–H and O–H groups in total. The van der Waals surface area contributed by atoms with Gasteiger partial charge in [0.2, 0.25) is 0 Å². The van der Waals surface area contributed by atoms with Crippen molar-refractivity contribution in [2.75, 3.05) is 6.61 Å². The number of ether oxygens (including phenoxy) is 1. The highest BCUT2D eigenvalue weighted by atomic mass is 16.6. The van der Waals surface area contributed by atoms with Crippen LogP contribution in [0.3, 0.4) is 0 Å². The zero-order chi connectivity index (χ0) is 17.5. The smallest absolute Gasteiger partial charge is 0.271 e. The number of benzene rings is 2. The number of rotatable bonds is 6. The molecule has 0 aromatic heterocycles. The third-order valence-electron chi connectivity index (χ3n) is 3.23. The second kappa shape index (κ2) is 7.87. The van der Waals surface area contributed by atoms with Crippen molar-refractivity contribution < 1.29 is 14.5 Å². The van der Waals surface area contributed by atoms with Crippen molar-refractivity contribution in [3.8, 4) is 5.75 Å². The van der Waals surface area contributed by atoms with Crippen LogP contribution >= 0.6 is 0 Å². The molecule has 0 aliphatic rings. The first-order valence-corrected chi connectivity index (χ1v) is 7.33. The molecule has 2 aromatic rings. The summed E-state index contributed by atoms with van der Waals surface area (Å²) in [6.45, 7) is 4.10. The predicted octanol–water partition coefficient (Wildman–Crippen LogP) is 3.15. The number of nitrogens with one attached hydrogen (secondary N) is 1. The SMILES string of the molecule is CCOc1ccc(C(=O)N/N=C(\C)c2cccc([N+](=O)[O-])c2)cc1. The molecule has 0 saturated carbocycles. The molecule has 0 aliphatic carbocycles. The van der Waals surface area contributed by atoms with Gasteiger partial charge in [0.1, 0.15) is 5.75 Å². The Morgan fingerprint density at radius 1 is 1.21 bits per heavy atom.